The molecule has 1 aliphatic heterocycles. The van der Waals surface area contributed by atoms with Crippen molar-refractivity contribution in [1.82, 2.24) is 9.97 Å². The van der Waals surface area contributed by atoms with E-state index in [-0.39, 0.29) is 34.4 Å². The van der Waals surface area contributed by atoms with E-state index in [1.54, 1.807) is 0 Å². The molecule has 9 heteroatoms. The van der Waals surface area contributed by atoms with Gasteiger partial charge in [-0.25, -0.2) is 9.97 Å². The number of nitrogen functional groups attached to an aromatic ring is 1. The Kier molecular flexibility index (Phi) is 6.53. The molecule has 2 aliphatic carbocycles. The molecule has 1 unspecified atom stereocenters. The van der Waals surface area contributed by atoms with Gasteiger partial charge in [0.15, 0.2) is 11.0 Å². The van der Waals surface area contributed by atoms with Gasteiger partial charge in [-0.1, -0.05) is 24.1 Å². The van der Waals surface area contributed by atoms with Crippen molar-refractivity contribution in [3.63, 3.8) is 0 Å². The highest BCUT2D eigenvalue weighted by molar-refractivity contribution is 6.32. The number of nitrogens with one attached hydrogen (secondary N) is 1. The summed E-state index contributed by atoms with van der Waals surface area (Å²) < 4.78 is 5.61. The summed E-state index contributed by atoms with van der Waals surface area (Å²) in [5.41, 5.74) is 12.8. The van der Waals surface area contributed by atoms with Gasteiger partial charge in [-0.05, 0) is 38.5 Å². The van der Waals surface area contributed by atoms with Crippen LogP contribution in [0.2, 0.25) is 5.15 Å². The average Bonchev–Trinajstić information content (AvgIpc) is 2.80. The van der Waals surface area contributed by atoms with Crippen molar-refractivity contribution in [3.8, 4) is 0 Å². The van der Waals surface area contributed by atoms with Crippen molar-refractivity contribution < 1.29 is 14.3 Å². The number of hydrogen-bond acceptors (Lipinski definition) is 8. The van der Waals surface area contributed by atoms with Gasteiger partial charge in [-0.2, -0.15) is 0 Å². The lowest BCUT2D eigenvalue weighted by molar-refractivity contribution is -0.129. The van der Waals surface area contributed by atoms with Crippen molar-refractivity contribution in [2.24, 2.45) is 17.1 Å². The number of ether oxygens (including phenoxy) is 1. The molecule has 1 spiro atoms. The maximum absolute atomic E-state index is 13.4. The zero-order valence-electron chi connectivity index (χ0n) is 18.2. The molecule has 4 rings (SSSR count). The molecule has 0 radical (unpaired) electrons. The van der Waals surface area contributed by atoms with E-state index in [0.29, 0.717) is 56.0 Å². The first-order chi connectivity index (χ1) is 15.4. The monoisotopic (exact) mass is 459 g/mol. The van der Waals surface area contributed by atoms with Gasteiger partial charge in [-0.3, -0.25) is 9.59 Å². The van der Waals surface area contributed by atoms with Crippen LogP contribution in [0, 0.1) is 11.3 Å². The molecule has 0 amide bonds. The molecule has 8 nitrogen and oxygen atoms in total. The highest BCUT2D eigenvalue weighted by Crippen LogP contribution is 2.47. The van der Waals surface area contributed by atoms with Crippen LogP contribution in [0.15, 0.2) is 23.9 Å². The first-order valence-electron chi connectivity index (χ1n) is 11.2. The summed E-state index contributed by atoms with van der Waals surface area (Å²) in [6, 6.07) is -0.0509. The van der Waals surface area contributed by atoms with Gasteiger partial charge in [-0.15, -0.1) is 6.58 Å². The number of carbonyl (C=O) groups is 2. The van der Waals surface area contributed by atoms with Gasteiger partial charge in [0.2, 0.25) is 11.6 Å². The third-order valence-corrected chi connectivity index (χ3v) is 7.24. The van der Waals surface area contributed by atoms with E-state index >= 15 is 0 Å². The normalized spacial score (nSPS) is 28.6. The molecule has 1 saturated heterocycles. The summed E-state index contributed by atoms with van der Waals surface area (Å²) in [6.45, 7) is 4.94. The van der Waals surface area contributed by atoms with E-state index < -0.39 is 11.2 Å². The molecule has 1 saturated carbocycles. The number of Topliss-reactive ketones (excluding diaryl/α,β-unsaturated/α-hetero) is 2. The largest absolute Gasteiger partial charge is 0.401 e. The Morgan fingerprint density at radius 2 is 1.97 bits per heavy atom. The lowest BCUT2D eigenvalue weighted by Crippen LogP contribution is -2.42. The standard InChI is InChI=1S/C23H30ClN5O3/c1-2-13-10-14(12-32-11-13)27-21-17(25)20(24)28-22(29-21)18(31)15-6-5-9-23(19(15)26)8-4-3-7-16(23)30/h2,13-14H,1,3-12,25-26H2,(H,27,28,29)/t13-,14?,23+/m0/s1. The van der Waals surface area contributed by atoms with E-state index in [1.807, 2.05) is 6.08 Å². The molecule has 1 aromatic heterocycles. The number of anilines is 2. The summed E-state index contributed by atoms with van der Waals surface area (Å²) in [4.78, 5) is 34.7. The van der Waals surface area contributed by atoms with Gasteiger partial charge in [0.05, 0.1) is 24.7 Å². The number of aromatic nitrogens is 2. The molecule has 0 aromatic carbocycles. The number of hydrogen-bond donors (Lipinski definition) is 3. The third kappa shape index (κ3) is 4.13. The Bertz CT molecular complexity index is 979. The van der Waals surface area contributed by atoms with Crippen LogP contribution in [0.25, 0.3) is 0 Å². The van der Waals surface area contributed by atoms with Crippen molar-refractivity contribution in [2.75, 3.05) is 24.3 Å². The molecule has 172 valence electrons. The maximum atomic E-state index is 13.4. The Morgan fingerprint density at radius 3 is 2.72 bits per heavy atom. The quantitative estimate of drug-likeness (QED) is 0.346. The average molecular weight is 460 g/mol. The van der Waals surface area contributed by atoms with E-state index in [0.717, 1.165) is 25.7 Å². The van der Waals surface area contributed by atoms with Crippen LogP contribution in [-0.2, 0) is 9.53 Å². The van der Waals surface area contributed by atoms with Crippen molar-refractivity contribution in [3.05, 3.63) is 34.9 Å². The predicted octanol–water partition coefficient (Wildman–Crippen LogP) is 3.42. The minimum Gasteiger partial charge on any atom is -0.401 e. The van der Waals surface area contributed by atoms with Gasteiger partial charge >= 0.3 is 0 Å². The zero-order chi connectivity index (χ0) is 22.9. The van der Waals surface area contributed by atoms with Crippen LogP contribution in [0.5, 0.6) is 0 Å². The number of nitrogens with zero attached hydrogens (tertiary/aromatic N) is 2. The zero-order valence-corrected chi connectivity index (χ0v) is 18.9. The van der Waals surface area contributed by atoms with Crippen LogP contribution in [-0.4, -0.2) is 40.8 Å². The van der Waals surface area contributed by atoms with Crippen LogP contribution in [0.1, 0.15) is 62.0 Å². The first kappa shape index (κ1) is 22.7. The van der Waals surface area contributed by atoms with Crippen LogP contribution >= 0.6 is 11.6 Å². The highest BCUT2D eigenvalue weighted by Gasteiger charge is 2.46. The minimum atomic E-state index is -0.723. The Balaban J connectivity index is 1.64. The first-order valence-corrected chi connectivity index (χ1v) is 11.6. The molecule has 3 atom stereocenters. The lowest BCUT2D eigenvalue weighted by Gasteiger charge is -2.40. The van der Waals surface area contributed by atoms with E-state index in [1.165, 1.54) is 0 Å². The lowest BCUT2D eigenvalue weighted by atomic mass is 9.64. The van der Waals surface area contributed by atoms with Gasteiger partial charge in [0.1, 0.15) is 11.5 Å². The molecular formula is C23H30ClN5O3. The number of ketones is 2. The van der Waals surface area contributed by atoms with Gasteiger partial charge in [0, 0.05) is 23.6 Å². The van der Waals surface area contributed by atoms with Gasteiger partial charge in [0.25, 0.3) is 0 Å². The Morgan fingerprint density at radius 1 is 1.19 bits per heavy atom. The maximum Gasteiger partial charge on any atom is 0.228 e. The molecule has 2 fully saturated rings. The van der Waals surface area contributed by atoms with Crippen molar-refractivity contribution in [2.45, 2.75) is 57.4 Å². The number of rotatable bonds is 5. The topological polar surface area (TPSA) is 133 Å². The molecule has 0 bridgehead atoms. The number of carbonyl (C=O) groups excluding carboxylic acids is 2. The second-order valence-corrected chi connectivity index (χ2v) is 9.36. The summed E-state index contributed by atoms with van der Waals surface area (Å²) in [7, 11) is 0. The molecular weight excluding hydrogens is 430 g/mol. The van der Waals surface area contributed by atoms with Crippen molar-refractivity contribution >= 4 is 34.7 Å². The SMILES string of the molecule is C=C[C@@H]1COCC(Nc2nc(C(=O)C3=C(N)[C@]4(CCCCC4=O)CCC3)nc(Cl)c2N)C1. The molecule has 1 aromatic rings. The Labute approximate surface area is 192 Å². The molecule has 3 aliphatic rings. The van der Waals surface area contributed by atoms with Crippen LogP contribution in [0.3, 0.4) is 0 Å². The second-order valence-electron chi connectivity index (χ2n) is 9.00. The third-order valence-electron chi connectivity index (χ3n) is 6.95. The van der Waals surface area contributed by atoms with E-state index in [2.05, 4.69) is 21.9 Å². The highest BCUT2D eigenvalue weighted by atomic mass is 35.5. The van der Waals surface area contributed by atoms with E-state index in [9.17, 15) is 9.59 Å². The van der Waals surface area contributed by atoms with Crippen LogP contribution < -0.4 is 16.8 Å². The Hall–Kier alpha value is -2.45. The summed E-state index contributed by atoms with van der Waals surface area (Å²) in [5.74, 6) is 0.192. The molecule has 2 heterocycles. The molecule has 32 heavy (non-hydrogen) atoms. The predicted molar refractivity (Wildman–Crippen MR) is 123 cm³/mol. The summed E-state index contributed by atoms with van der Waals surface area (Å²) in [6.07, 6.45) is 7.58. The smallest absolute Gasteiger partial charge is 0.228 e. The van der Waals surface area contributed by atoms with E-state index in [4.69, 9.17) is 27.8 Å². The summed E-state index contributed by atoms with van der Waals surface area (Å²) in [5, 5.41) is 3.24. The fraction of sp³-hybridized carbons (Fsp3) is 0.565. The number of allylic oxidation sites excluding steroid dienone is 2. The second kappa shape index (κ2) is 9.19. The van der Waals surface area contributed by atoms with Crippen LogP contribution in [0.4, 0.5) is 11.5 Å². The minimum absolute atomic E-state index is 0.00119. The number of halogens is 1. The van der Waals surface area contributed by atoms with Crippen molar-refractivity contribution in [1.29, 1.82) is 0 Å². The van der Waals surface area contributed by atoms with Gasteiger partial charge < -0.3 is 21.5 Å². The fourth-order valence-corrected chi connectivity index (χ4v) is 5.28. The number of nitrogens with two attached hydrogens (primary N) is 2. The summed E-state index contributed by atoms with van der Waals surface area (Å²) >= 11 is 6.26. The molecule has 5 N–H and O–H groups in total. The fourth-order valence-electron chi connectivity index (χ4n) is 5.11.